The molecule has 2 heterocycles. The number of likely N-dealkylation sites (N-methyl/N-ethyl adjacent to an activating group) is 1. The van der Waals surface area contributed by atoms with Gasteiger partial charge in [0.05, 0.1) is 17.2 Å². The highest BCUT2D eigenvalue weighted by atomic mass is 32.1. The van der Waals surface area contributed by atoms with E-state index >= 15 is 0 Å². The van der Waals surface area contributed by atoms with Crippen LogP contribution in [0.2, 0.25) is 0 Å². The lowest BCUT2D eigenvalue weighted by Crippen LogP contribution is -2.39. The first-order chi connectivity index (χ1) is 12.5. The highest BCUT2D eigenvalue weighted by molar-refractivity contribution is 7.07. The molecule has 2 aromatic rings. The van der Waals surface area contributed by atoms with Crippen LogP contribution in [-0.2, 0) is 11.3 Å². The minimum atomic E-state index is -0.596. The molecule has 1 atom stereocenters. The lowest BCUT2D eigenvalue weighted by Gasteiger charge is -2.29. The Kier molecular flexibility index (Phi) is 7.05. The molecule has 26 heavy (non-hydrogen) atoms. The summed E-state index contributed by atoms with van der Waals surface area (Å²) in [6, 6.07) is 4.30. The predicted molar refractivity (Wildman–Crippen MR) is 100 cm³/mol. The summed E-state index contributed by atoms with van der Waals surface area (Å²) in [4.78, 5) is 36.5. The largest absolute Gasteiger partial charge is 0.353 e. The Morgan fingerprint density at radius 2 is 2.08 bits per heavy atom. The van der Waals surface area contributed by atoms with Crippen molar-refractivity contribution in [3.8, 4) is 0 Å². The third-order valence-corrected chi connectivity index (χ3v) is 4.87. The van der Waals surface area contributed by atoms with Crippen molar-refractivity contribution >= 4 is 22.9 Å². The van der Waals surface area contributed by atoms with Crippen LogP contribution in [-0.4, -0.2) is 39.9 Å². The Bertz CT molecular complexity index is 799. The van der Waals surface area contributed by atoms with Crippen LogP contribution < -0.4 is 10.9 Å². The molecule has 0 aliphatic heterocycles. The van der Waals surface area contributed by atoms with E-state index in [1.807, 2.05) is 11.4 Å². The van der Waals surface area contributed by atoms with E-state index in [0.29, 0.717) is 6.54 Å². The van der Waals surface area contributed by atoms with Crippen LogP contribution in [0.3, 0.4) is 0 Å². The minimum absolute atomic E-state index is 0.0435. The molecule has 1 N–H and O–H groups in total. The second-order valence-electron chi connectivity index (χ2n) is 5.71. The average Bonchev–Trinajstić information content (AvgIpc) is 3.14. The summed E-state index contributed by atoms with van der Waals surface area (Å²) in [6.45, 7) is 5.96. The van der Waals surface area contributed by atoms with Gasteiger partial charge in [0.25, 0.3) is 11.2 Å². The Hall–Kier alpha value is -2.52. The highest BCUT2D eigenvalue weighted by Gasteiger charge is 2.19. The van der Waals surface area contributed by atoms with Crippen LogP contribution >= 0.6 is 11.3 Å². The zero-order valence-corrected chi connectivity index (χ0v) is 15.6. The second kappa shape index (κ2) is 9.25. The number of hydrogen-bond donors (Lipinski definition) is 1. The molecule has 8 nitrogen and oxygen atoms in total. The molecule has 2 rings (SSSR count). The molecule has 0 spiro atoms. The fraction of sp³-hybridized carbons (Fsp3) is 0.412. The van der Waals surface area contributed by atoms with E-state index in [-0.39, 0.29) is 24.2 Å². The van der Waals surface area contributed by atoms with Crippen LogP contribution in [0.4, 0.5) is 5.69 Å². The lowest BCUT2D eigenvalue weighted by atomic mass is 10.1. The number of rotatable bonds is 9. The molecule has 0 aliphatic rings. The Morgan fingerprint density at radius 3 is 2.65 bits per heavy atom. The standard InChI is InChI=1S/C17H22N4O4S/c1-3-19(4-2)15(13-7-8-26-12-13)9-18-16(22)11-20-10-14(21(24)25)5-6-17(20)23/h5-8,10,12,15H,3-4,9,11H2,1-2H3,(H,18,22). The number of nitro groups is 1. The van der Waals surface area contributed by atoms with E-state index < -0.39 is 10.5 Å². The zero-order chi connectivity index (χ0) is 19.1. The highest BCUT2D eigenvalue weighted by Crippen LogP contribution is 2.22. The number of nitrogens with one attached hydrogen (secondary N) is 1. The van der Waals surface area contributed by atoms with Crippen LogP contribution in [0.15, 0.2) is 40.0 Å². The van der Waals surface area contributed by atoms with Crippen molar-refractivity contribution < 1.29 is 9.72 Å². The second-order valence-corrected chi connectivity index (χ2v) is 6.49. The fourth-order valence-corrected chi connectivity index (χ4v) is 3.47. The molecule has 140 valence electrons. The van der Waals surface area contributed by atoms with Gasteiger partial charge >= 0.3 is 0 Å². The van der Waals surface area contributed by atoms with Gasteiger partial charge in [0.15, 0.2) is 0 Å². The van der Waals surface area contributed by atoms with E-state index in [9.17, 15) is 19.7 Å². The first-order valence-electron chi connectivity index (χ1n) is 8.34. The summed E-state index contributed by atoms with van der Waals surface area (Å²) >= 11 is 1.60. The fourth-order valence-electron chi connectivity index (χ4n) is 2.76. The van der Waals surface area contributed by atoms with Gasteiger partial charge in [0.1, 0.15) is 6.54 Å². The van der Waals surface area contributed by atoms with Crippen LogP contribution in [0, 0.1) is 10.1 Å². The summed E-state index contributed by atoms with van der Waals surface area (Å²) in [5.74, 6) is -0.361. The summed E-state index contributed by atoms with van der Waals surface area (Å²) in [7, 11) is 0. The zero-order valence-electron chi connectivity index (χ0n) is 14.8. The van der Waals surface area contributed by atoms with Crippen molar-refractivity contribution in [3.63, 3.8) is 0 Å². The minimum Gasteiger partial charge on any atom is -0.353 e. The molecule has 0 radical (unpaired) electrons. The third-order valence-electron chi connectivity index (χ3n) is 4.17. The molecule has 1 unspecified atom stereocenters. The SMILES string of the molecule is CCN(CC)C(CNC(=O)Cn1cc([N+](=O)[O-])ccc1=O)c1ccsc1. The molecule has 0 aliphatic carbocycles. The summed E-state index contributed by atoms with van der Waals surface area (Å²) < 4.78 is 1.05. The number of aromatic nitrogens is 1. The maximum atomic E-state index is 12.3. The van der Waals surface area contributed by atoms with Gasteiger partial charge in [-0.2, -0.15) is 11.3 Å². The Balaban J connectivity index is 2.06. The maximum Gasteiger partial charge on any atom is 0.285 e. The van der Waals surface area contributed by atoms with Crippen molar-refractivity contribution in [1.82, 2.24) is 14.8 Å². The normalized spacial score (nSPS) is 12.1. The monoisotopic (exact) mass is 378 g/mol. The number of nitrogens with zero attached hydrogens (tertiary/aromatic N) is 3. The van der Waals surface area contributed by atoms with Gasteiger partial charge in [0, 0.05) is 18.7 Å². The smallest absolute Gasteiger partial charge is 0.285 e. The summed E-state index contributed by atoms with van der Waals surface area (Å²) in [5.41, 5.74) is 0.451. The molecule has 0 aromatic carbocycles. The lowest BCUT2D eigenvalue weighted by molar-refractivity contribution is -0.385. The Morgan fingerprint density at radius 1 is 1.35 bits per heavy atom. The van der Waals surface area contributed by atoms with Gasteiger partial charge in [-0.25, -0.2) is 0 Å². The quantitative estimate of drug-likeness (QED) is 0.532. The van der Waals surface area contributed by atoms with Crippen molar-refractivity contribution in [1.29, 1.82) is 0 Å². The number of pyridine rings is 1. The van der Waals surface area contributed by atoms with Crippen molar-refractivity contribution in [2.24, 2.45) is 0 Å². The topological polar surface area (TPSA) is 97.5 Å². The first-order valence-corrected chi connectivity index (χ1v) is 9.28. The van der Waals surface area contributed by atoms with Crippen LogP contribution in [0.5, 0.6) is 0 Å². The third kappa shape index (κ3) is 4.99. The van der Waals surface area contributed by atoms with Gasteiger partial charge in [-0.3, -0.25) is 29.2 Å². The van der Waals surface area contributed by atoms with E-state index in [1.165, 1.54) is 0 Å². The number of carbonyl (C=O) groups is 1. The van der Waals surface area contributed by atoms with Gasteiger partial charge in [-0.05, 0) is 35.5 Å². The average molecular weight is 378 g/mol. The number of carbonyl (C=O) groups excluding carboxylic acids is 1. The van der Waals surface area contributed by atoms with Crippen LogP contribution in [0.1, 0.15) is 25.5 Å². The number of amides is 1. The van der Waals surface area contributed by atoms with Gasteiger partial charge < -0.3 is 5.32 Å². The maximum absolute atomic E-state index is 12.3. The molecule has 2 aromatic heterocycles. The van der Waals surface area contributed by atoms with Gasteiger partial charge in [-0.15, -0.1) is 0 Å². The van der Waals surface area contributed by atoms with Crippen LogP contribution in [0.25, 0.3) is 0 Å². The molecule has 0 bridgehead atoms. The molecule has 0 saturated carbocycles. The van der Waals surface area contributed by atoms with E-state index in [4.69, 9.17) is 0 Å². The molecule has 0 fully saturated rings. The molecule has 9 heteroatoms. The number of hydrogen-bond acceptors (Lipinski definition) is 6. The van der Waals surface area contributed by atoms with E-state index in [1.54, 1.807) is 11.3 Å². The van der Waals surface area contributed by atoms with Gasteiger partial charge in [0.2, 0.25) is 5.91 Å². The summed E-state index contributed by atoms with van der Waals surface area (Å²) in [5, 5.41) is 17.7. The Labute approximate surface area is 155 Å². The summed E-state index contributed by atoms with van der Waals surface area (Å²) in [6.07, 6.45) is 1.09. The predicted octanol–water partition coefficient (Wildman–Crippen LogP) is 2.02. The van der Waals surface area contributed by atoms with Gasteiger partial charge in [-0.1, -0.05) is 13.8 Å². The van der Waals surface area contributed by atoms with Crippen molar-refractivity contribution in [2.75, 3.05) is 19.6 Å². The first kappa shape index (κ1) is 19.8. The van der Waals surface area contributed by atoms with Crippen molar-refractivity contribution in [3.05, 3.63) is 61.2 Å². The molecule has 1 amide bonds. The molecular weight excluding hydrogens is 356 g/mol. The number of thiophene rings is 1. The molecule has 0 saturated heterocycles. The van der Waals surface area contributed by atoms with Crippen molar-refractivity contribution in [2.45, 2.75) is 26.4 Å². The van der Waals surface area contributed by atoms with E-state index in [2.05, 4.69) is 29.4 Å². The molecular formula is C17H22N4O4S. The van der Waals surface area contributed by atoms with E-state index in [0.717, 1.165) is 41.5 Å².